The van der Waals surface area contributed by atoms with Crippen molar-refractivity contribution in [2.45, 2.75) is 66.0 Å². The van der Waals surface area contributed by atoms with Crippen LogP contribution in [0.25, 0.3) is 5.82 Å². The summed E-state index contributed by atoms with van der Waals surface area (Å²) < 4.78 is 1.87. The van der Waals surface area contributed by atoms with E-state index in [0.29, 0.717) is 6.54 Å². The van der Waals surface area contributed by atoms with Gasteiger partial charge in [0.05, 0.1) is 12.2 Å². The number of hydrogen-bond acceptors (Lipinski definition) is 4. The topological polar surface area (TPSA) is 70.4 Å². The SMILES string of the molecule is CCNC(=NCc1ccc(-n2nc(C)cc2C)nc1)NCCCN1CCCCC1C. The molecule has 0 radical (unpaired) electrons. The minimum atomic E-state index is 0.600. The molecule has 30 heavy (non-hydrogen) atoms. The molecule has 3 rings (SSSR count). The lowest BCUT2D eigenvalue weighted by Gasteiger charge is -2.33. The molecule has 1 aliphatic rings. The molecule has 0 aromatic carbocycles. The number of hydrogen-bond donors (Lipinski definition) is 2. The predicted molar refractivity (Wildman–Crippen MR) is 123 cm³/mol. The molecule has 1 saturated heterocycles. The average Bonchev–Trinajstić information content (AvgIpc) is 3.08. The van der Waals surface area contributed by atoms with Crippen molar-refractivity contribution in [3.8, 4) is 5.82 Å². The third kappa shape index (κ3) is 6.29. The van der Waals surface area contributed by atoms with Gasteiger partial charge in [-0.15, -0.1) is 0 Å². The first kappa shape index (κ1) is 22.3. The zero-order valence-electron chi connectivity index (χ0n) is 19.0. The van der Waals surface area contributed by atoms with Crippen LogP contribution < -0.4 is 10.6 Å². The zero-order valence-corrected chi connectivity index (χ0v) is 19.0. The normalized spacial score (nSPS) is 17.9. The minimum Gasteiger partial charge on any atom is -0.357 e. The lowest BCUT2D eigenvalue weighted by atomic mass is 10.0. The number of piperidine rings is 1. The Morgan fingerprint density at radius 3 is 2.77 bits per heavy atom. The fourth-order valence-electron chi connectivity index (χ4n) is 3.99. The van der Waals surface area contributed by atoms with Crippen molar-refractivity contribution < 1.29 is 0 Å². The van der Waals surface area contributed by atoms with Crippen LogP contribution in [-0.2, 0) is 6.54 Å². The van der Waals surface area contributed by atoms with Gasteiger partial charge in [0.1, 0.15) is 0 Å². The molecule has 7 heteroatoms. The maximum absolute atomic E-state index is 4.73. The van der Waals surface area contributed by atoms with Crippen molar-refractivity contribution in [1.29, 1.82) is 0 Å². The maximum atomic E-state index is 4.73. The van der Waals surface area contributed by atoms with Gasteiger partial charge in [-0.1, -0.05) is 12.5 Å². The molecule has 1 fully saturated rings. The van der Waals surface area contributed by atoms with Crippen molar-refractivity contribution in [3.63, 3.8) is 0 Å². The van der Waals surface area contributed by atoms with Crippen molar-refractivity contribution in [2.24, 2.45) is 4.99 Å². The largest absolute Gasteiger partial charge is 0.357 e. The van der Waals surface area contributed by atoms with E-state index in [4.69, 9.17) is 4.99 Å². The Kier molecular flexibility index (Phi) is 8.25. The van der Waals surface area contributed by atoms with Crippen molar-refractivity contribution in [3.05, 3.63) is 41.3 Å². The third-order valence-electron chi connectivity index (χ3n) is 5.65. The molecule has 1 unspecified atom stereocenters. The number of nitrogens with one attached hydrogen (secondary N) is 2. The molecule has 2 aromatic heterocycles. The van der Waals surface area contributed by atoms with E-state index >= 15 is 0 Å². The van der Waals surface area contributed by atoms with E-state index in [2.05, 4.69) is 51.6 Å². The summed E-state index contributed by atoms with van der Waals surface area (Å²) in [7, 11) is 0. The van der Waals surface area contributed by atoms with Gasteiger partial charge in [0.15, 0.2) is 11.8 Å². The summed E-state index contributed by atoms with van der Waals surface area (Å²) in [5, 5.41) is 11.3. The van der Waals surface area contributed by atoms with Crippen molar-refractivity contribution in [1.82, 2.24) is 30.3 Å². The molecular weight excluding hydrogens is 374 g/mol. The summed E-state index contributed by atoms with van der Waals surface area (Å²) in [6.07, 6.45) is 7.08. The Morgan fingerprint density at radius 1 is 1.23 bits per heavy atom. The van der Waals surface area contributed by atoms with E-state index < -0.39 is 0 Å². The quantitative estimate of drug-likeness (QED) is 0.397. The molecule has 0 bridgehead atoms. The second-order valence-corrected chi connectivity index (χ2v) is 8.22. The van der Waals surface area contributed by atoms with Crippen LogP contribution in [0.3, 0.4) is 0 Å². The fraction of sp³-hybridized carbons (Fsp3) is 0.609. The van der Waals surface area contributed by atoms with Gasteiger partial charge in [-0.25, -0.2) is 14.7 Å². The average molecular weight is 412 g/mol. The predicted octanol–water partition coefficient (Wildman–Crippen LogP) is 3.20. The first-order chi connectivity index (χ1) is 14.6. The van der Waals surface area contributed by atoms with E-state index in [-0.39, 0.29) is 0 Å². The molecule has 0 amide bonds. The van der Waals surface area contributed by atoms with Gasteiger partial charge in [-0.3, -0.25) is 0 Å². The van der Waals surface area contributed by atoms with Crippen LogP contribution in [0.15, 0.2) is 29.4 Å². The summed E-state index contributed by atoms with van der Waals surface area (Å²) in [6, 6.07) is 6.86. The van der Waals surface area contributed by atoms with E-state index in [1.165, 1.54) is 25.8 Å². The van der Waals surface area contributed by atoms with Crippen LogP contribution in [0.5, 0.6) is 0 Å². The van der Waals surface area contributed by atoms with E-state index in [1.807, 2.05) is 30.8 Å². The monoisotopic (exact) mass is 411 g/mol. The van der Waals surface area contributed by atoms with Crippen LogP contribution in [0.1, 0.15) is 56.5 Å². The lowest BCUT2D eigenvalue weighted by Crippen LogP contribution is -2.41. The first-order valence-electron chi connectivity index (χ1n) is 11.3. The summed E-state index contributed by atoms with van der Waals surface area (Å²) in [5.74, 6) is 1.71. The van der Waals surface area contributed by atoms with Gasteiger partial charge in [0, 0.05) is 37.6 Å². The summed E-state index contributed by atoms with van der Waals surface area (Å²) in [6.45, 7) is 13.3. The highest BCUT2D eigenvalue weighted by atomic mass is 15.3. The van der Waals surface area contributed by atoms with E-state index in [9.17, 15) is 0 Å². The highest BCUT2D eigenvalue weighted by molar-refractivity contribution is 5.79. The first-order valence-corrected chi connectivity index (χ1v) is 11.3. The van der Waals surface area contributed by atoms with Gasteiger partial charge >= 0.3 is 0 Å². The van der Waals surface area contributed by atoms with Crippen LogP contribution in [0.2, 0.25) is 0 Å². The standard InChI is InChI=1S/C23H37N7/c1-5-24-23(25-12-8-14-29-13-7-6-9-19(29)3)27-17-21-10-11-22(26-16-21)30-20(4)15-18(2)28-30/h10-11,15-16,19H,5-9,12-14,17H2,1-4H3,(H2,24,25,27). The summed E-state index contributed by atoms with van der Waals surface area (Å²) in [5.41, 5.74) is 3.17. The number of pyridine rings is 1. The maximum Gasteiger partial charge on any atom is 0.191 e. The lowest BCUT2D eigenvalue weighted by molar-refractivity contribution is 0.159. The summed E-state index contributed by atoms with van der Waals surface area (Å²) >= 11 is 0. The number of aryl methyl sites for hydroxylation is 2. The van der Waals surface area contributed by atoms with E-state index in [0.717, 1.165) is 60.8 Å². The highest BCUT2D eigenvalue weighted by Gasteiger charge is 2.17. The molecule has 1 aliphatic heterocycles. The van der Waals surface area contributed by atoms with Gasteiger partial charge in [-0.2, -0.15) is 5.10 Å². The molecule has 0 spiro atoms. The molecule has 1 atom stereocenters. The number of aromatic nitrogens is 3. The number of guanidine groups is 1. The Hall–Kier alpha value is -2.41. The number of nitrogens with zero attached hydrogens (tertiary/aromatic N) is 5. The fourth-order valence-corrected chi connectivity index (χ4v) is 3.99. The molecule has 2 aromatic rings. The molecule has 164 valence electrons. The molecule has 0 saturated carbocycles. The second kappa shape index (κ2) is 11.1. The van der Waals surface area contributed by atoms with Gasteiger partial charge in [-0.05, 0) is 71.2 Å². The number of likely N-dealkylation sites (tertiary alicyclic amines) is 1. The van der Waals surface area contributed by atoms with Gasteiger partial charge < -0.3 is 15.5 Å². The molecule has 3 heterocycles. The van der Waals surface area contributed by atoms with Crippen LogP contribution >= 0.6 is 0 Å². The van der Waals surface area contributed by atoms with Crippen molar-refractivity contribution >= 4 is 5.96 Å². The number of aliphatic imine (C=N–C) groups is 1. The minimum absolute atomic E-state index is 0.600. The third-order valence-corrected chi connectivity index (χ3v) is 5.65. The Bertz CT molecular complexity index is 809. The Labute approximate surface area is 181 Å². The van der Waals surface area contributed by atoms with Gasteiger partial charge in [0.2, 0.25) is 0 Å². The van der Waals surface area contributed by atoms with Gasteiger partial charge in [0.25, 0.3) is 0 Å². The molecule has 0 aliphatic carbocycles. The highest BCUT2D eigenvalue weighted by Crippen LogP contribution is 2.16. The molecule has 7 nitrogen and oxygen atoms in total. The van der Waals surface area contributed by atoms with Crippen LogP contribution in [-0.4, -0.2) is 57.8 Å². The van der Waals surface area contributed by atoms with Crippen molar-refractivity contribution in [2.75, 3.05) is 26.2 Å². The zero-order chi connectivity index (χ0) is 21.3. The Balaban J connectivity index is 1.49. The molecule has 2 N–H and O–H groups in total. The summed E-state index contributed by atoms with van der Waals surface area (Å²) in [4.78, 5) is 11.9. The van der Waals surface area contributed by atoms with Crippen LogP contribution in [0.4, 0.5) is 0 Å². The molecular formula is C23H37N7. The smallest absolute Gasteiger partial charge is 0.191 e. The van der Waals surface area contributed by atoms with E-state index in [1.54, 1.807) is 0 Å². The van der Waals surface area contributed by atoms with Crippen LogP contribution in [0, 0.1) is 13.8 Å². The second-order valence-electron chi connectivity index (χ2n) is 8.22. The number of rotatable bonds is 8. The Morgan fingerprint density at radius 2 is 2.10 bits per heavy atom.